The minimum Gasteiger partial charge on any atom is -0.481 e. The zero-order chi connectivity index (χ0) is 12.5. The fraction of sp³-hybridized carbons (Fsp3) is 0.833. The highest BCUT2D eigenvalue weighted by molar-refractivity contribution is 5.66. The lowest BCUT2D eigenvalue weighted by Gasteiger charge is -1.93. The minimum absolute atomic E-state index is 0.452. The molecule has 0 aromatic carbocycles. The van der Waals surface area contributed by atoms with Crippen LogP contribution in [-0.4, -0.2) is 17.6 Å². The molecule has 0 fully saturated rings. The van der Waals surface area contributed by atoms with Crippen molar-refractivity contribution in [3.8, 4) is 0 Å². The number of aliphatic carboxylic acids is 1. The fourth-order valence-electron chi connectivity index (χ4n) is 0.273. The Kier molecular flexibility index (Phi) is 1.60. The Hall–Kier alpha value is -0.570. The van der Waals surface area contributed by atoms with Gasteiger partial charge in [-0.15, -0.1) is 0 Å². The molecule has 0 aliphatic rings. The van der Waals surface area contributed by atoms with Crippen LogP contribution in [0.1, 0.15) is 33.8 Å². The molecule has 0 rings (SSSR count). The van der Waals surface area contributed by atoms with Crippen molar-refractivity contribution in [1.29, 1.82) is 0 Å². The highest BCUT2D eigenvalue weighted by Crippen LogP contribution is 1.97. The highest BCUT2D eigenvalue weighted by atomic mass is 16.4. The van der Waals surface area contributed by atoms with E-state index >= 15 is 0 Å². The van der Waals surface area contributed by atoms with Gasteiger partial charge in [0.15, 0.2) is 0 Å². The lowest BCUT2D eigenvalue weighted by Crippen LogP contribution is -1.99. The van der Waals surface area contributed by atoms with Gasteiger partial charge in [-0.2, -0.15) is 0 Å². The predicted molar refractivity (Wildman–Crippen MR) is 35.2 cm³/mol. The smallest absolute Gasteiger partial charge is 0.303 e. The van der Waals surface area contributed by atoms with E-state index in [1.165, 1.54) is 0 Å². The molecule has 0 atom stereocenters. The third-order valence-electron chi connectivity index (χ3n) is 0.590. The lowest BCUT2D eigenvalue weighted by atomic mass is 10.2. The Morgan fingerprint density at radius 2 is 2.33 bits per heavy atom. The fourth-order valence-corrected chi connectivity index (χ4v) is 0.273. The SMILES string of the molecule is [2H]C([2H])(N)CCC([2H])([2H])C([2H])([2H])C(=O)O. The first kappa shape index (κ1) is 2.58. The van der Waals surface area contributed by atoms with Crippen LogP contribution in [-0.2, 0) is 4.79 Å². The number of nitrogens with two attached hydrogens (primary N) is 1. The second kappa shape index (κ2) is 5.56. The number of carbonyl (C=O) groups is 1. The molecule has 0 aromatic heterocycles. The topological polar surface area (TPSA) is 63.3 Å². The zero-order valence-corrected chi connectivity index (χ0v) is 4.85. The first-order chi connectivity index (χ1) is 6.40. The van der Waals surface area contributed by atoms with Gasteiger partial charge in [0, 0.05) is 14.6 Å². The van der Waals surface area contributed by atoms with Crippen molar-refractivity contribution in [2.45, 2.75) is 25.6 Å². The van der Waals surface area contributed by atoms with Crippen LogP contribution in [0.4, 0.5) is 0 Å². The maximum atomic E-state index is 10.5. The van der Waals surface area contributed by atoms with E-state index < -0.39 is 38.1 Å². The molecule has 3 nitrogen and oxygen atoms in total. The molecule has 0 heterocycles. The Bertz CT molecular complexity index is 248. The molecule has 9 heavy (non-hydrogen) atoms. The Balaban J connectivity index is 4.62. The van der Waals surface area contributed by atoms with E-state index in [2.05, 4.69) is 0 Å². The summed E-state index contributed by atoms with van der Waals surface area (Å²) < 4.78 is 42.4. The molecule has 0 saturated heterocycles. The summed E-state index contributed by atoms with van der Waals surface area (Å²) in [5.41, 5.74) is 4.96. The third kappa shape index (κ3) is 7.43. The number of rotatable bonds is 5. The van der Waals surface area contributed by atoms with Crippen LogP contribution < -0.4 is 5.73 Å². The second-order valence-corrected chi connectivity index (χ2v) is 1.31. The number of hydrogen-bond donors (Lipinski definition) is 2. The normalized spacial score (nSPS) is 24.1. The van der Waals surface area contributed by atoms with Crippen molar-refractivity contribution < 1.29 is 18.1 Å². The van der Waals surface area contributed by atoms with Crippen LogP contribution in [0.25, 0.3) is 0 Å². The molecular formula is C6H13NO2. The molecule has 0 aliphatic carbocycles. The molecule has 0 aliphatic heterocycles. The molecule has 3 N–H and O–H groups in total. The maximum absolute atomic E-state index is 10.5. The van der Waals surface area contributed by atoms with Gasteiger partial charge in [-0.25, -0.2) is 0 Å². The number of carboxylic acid groups (broad SMARTS) is 1. The standard InChI is InChI=1S/C6H13NO2/c7-5-3-1-2-4-6(8)9/h1-5,7H2,(H,8,9)/i2D2,4D2,5D2. The Morgan fingerprint density at radius 1 is 1.67 bits per heavy atom. The molecular weight excluding hydrogens is 118 g/mol. The van der Waals surface area contributed by atoms with E-state index in [9.17, 15) is 4.79 Å². The van der Waals surface area contributed by atoms with Crippen molar-refractivity contribution in [2.24, 2.45) is 5.73 Å². The molecule has 0 amide bonds. The molecule has 0 saturated carbocycles. The summed E-state index contributed by atoms with van der Waals surface area (Å²) in [5.74, 6) is -1.91. The molecule has 0 aromatic rings. The molecule has 3 heteroatoms. The summed E-state index contributed by atoms with van der Waals surface area (Å²) in [4.78, 5) is 10.5. The second-order valence-electron chi connectivity index (χ2n) is 1.31. The average Bonchev–Trinajstić information content (AvgIpc) is 1.99. The molecule has 0 radical (unpaired) electrons. The summed E-state index contributed by atoms with van der Waals surface area (Å²) in [6, 6.07) is 0. The van der Waals surface area contributed by atoms with Crippen LogP contribution in [0.15, 0.2) is 0 Å². The van der Waals surface area contributed by atoms with Gasteiger partial charge in [0.1, 0.15) is 0 Å². The summed E-state index contributed by atoms with van der Waals surface area (Å²) in [5, 5.41) is 8.47. The van der Waals surface area contributed by atoms with Gasteiger partial charge in [-0.3, -0.25) is 4.79 Å². The van der Waals surface area contributed by atoms with Gasteiger partial charge < -0.3 is 10.8 Å². The van der Waals surface area contributed by atoms with Gasteiger partial charge in [-0.05, 0) is 19.3 Å². The van der Waals surface area contributed by atoms with Gasteiger partial charge in [0.05, 0.1) is 0 Å². The highest BCUT2D eigenvalue weighted by Gasteiger charge is 1.94. The van der Waals surface area contributed by atoms with Crippen LogP contribution in [0, 0.1) is 0 Å². The molecule has 0 unspecified atom stereocenters. The van der Waals surface area contributed by atoms with Crippen molar-refractivity contribution in [3.63, 3.8) is 0 Å². The summed E-state index contributed by atoms with van der Waals surface area (Å²) in [6.45, 7) is -2.14. The van der Waals surface area contributed by atoms with E-state index in [0.717, 1.165) is 0 Å². The van der Waals surface area contributed by atoms with Crippen molar-refractivity contribution in [1.82, 2.24) is 0 Å². The molecule has 0 spiro atoms. The monoisotopic (exact) mass is 137 g/mol. The summed E-state index contributed by atoms with van der Waals surface area (Å²) >= 11 is 0. The van der Waals surface area contributed by atoms with E-state index in [4.69, 9.17) is 19.1 Å². The number of carboxylic acids is 1. The largest absolute Gasteiger partial charge is 0.481 e. The summed E-state index contributed by atoms with van der Waals surface area (Å²) in [7, 11) is 0. The Labute approximate surface area is 63.3 Å². The first-order valence-electron chi connectivity index (χ1n) is 5.42. The zero-order valence-electron chi connectivity index (χ0n) is 10.8. The van der Waals surface area contributed by atoms with Gasteiger partial charge in [-0.1, -0.05) is 6.42 Å². The van der Waals surface area contributed by atoms with Crippen LogP contribution in [0.5, 0.6) is 0 Å². The van der Waals surface area contributed by atoms with Gasteiger partial charge >= 0.3 is 5.97 Å². The Morgan fingerprint density at radius 3 is 2.78 bits per heavy atom. The van der Waals surface area contributed by atoms with E-state index in [1.54, 1.807) is 0 Å². The first-order valence-corrected chi connectivity index (χ1v) is 2.42. The number of hydrogen-bond acceptors (Lipinski definition) is 2. The molecule has 0 bridgehead atoms. The van der Waals surface area contributed by atoms with Crippen molar-refractivity contribution in [2.75, 3.05) is 6.50 Å². The lowest BCUT2D eigenvalue weighted by molar-refractivity contribution is -0.137. The molecule has 54 valence electrons. The maximum Gasteiger partial charge on any atom is 0.303 e. The average molecular weight is 137 g/mol. The minimum atomic E-state index is -3.06. The predicted octanol–water partition coefficient (Wildman–Crippen LogP) is 0.590. The van der Waals surface area contributed by atoms with E-state index in [-0.39, 0.29) is 0 Å². The van der Waals surface area contributed by atoms with Crippen molar-refractivity contribution in [3.05, 3.63) is 0 Å². The van der Waals surface area contributed by atoms with E-state index in [1.807, 2.05) is 0 Å². The van der Waals surface area contributed by atoms with Crippen LogP contribution in [0.2, 0.25) is 0 Å². The van der Waals surface area contributed by atoms with Crippen LogP contribution in [0.3, 0.4) is 0 Å². The van der Waals surface area contributed by atoms with Gasteiger partial charge in [0.2, 0.25) is 0 Å². The quantitative estimate of drug-likeness (QED) is 0.583. The van der Waals surface area contributed by atoms with E-state index in [0.29, 0.717) is 0 Å². The third-order valence-corrected chi connectivity index (χ3v) is 0.590. The summed E-state index contributed by atoms with van der Waals surface area (Å²) in [6.07, 6.45) is -6.77. The van der Waals surface area contributed by atoms with Gasteiger partial charge in [0.25, 0.3) is 0 Å². The van der Waals surface area contributed by atoms with Crippen LogP contribution >= 0.6 is 0 Å². The van der Waals surface area contributed by atoms with Crippen molar-refractivity contribution >= 4 is 5.97 Å².